The highest BCUT2D eigenvalue weighted by molar-refractivity contribution is 6.09. The van der Waals surface area contributed by atoms with Crippen LogP contribution >= 0.6 is 0 Å². The quantitative estimate of drug-likeness (QED) is 0.325. The lowest BCUT2D eigenvalue weighted by Crippen LogP contribution is -1.47. The Kier molecular flexibility index (Phi) is 16.0. The van der Waals surface area contributed by atoms with Crippen molar-refractivity contribution in [3.05, 3.63) is 12.7 Å². The van der Waals surface area contributed by atoms with Gasteiger partial charge in [0.15, 0.2) is 0 Å². The summed E-state index contributed by atoms with van der Waals surface area (Å²) in [4.78, 5) is 0. The van der Waals surface area contributed by atoms with Gasteiger partial charge in [-0.3, -0.25) is 0 Å². The molecule has 0 aromatic heterocycles. The fourth-order valence-corrected chi connectivity index (χ4v) is 0. The Morgan fingerprint density at radius 1 is 1.80 bits per heavy atom. The van der Waals surface area contributed by atoms with E-state index in [1.807, 2.05) is 6.08 Å². The third-order valence-corrected chi connectivity index (χ3v) is 0.866. The van der Waals surface area contributed by atoms with Gasteiger partial charge in [-0.15, -0.1) is 6.58 Å². The maximum atomic E-state index is 3.51. The van der Waals surface area contributed by atoms with E-state index < -0.39 is 0 Å². The van der Waals surface area contributed by atoms with Crippen molar-refractivity contribution in [2.24, 2.45) is 0 Å². The molecule has 0 heterocycles. The number of hydrogen-bond donors (Lipinski definition) is 0. The monoisotopic (exact) mass is 88.1 g/mol. The van der Waals surface area contributed by atoms with Crippen molar-refractivity contribution >= 4 is 10.2 Å². The first-order chi connectivity index (χ1) is 1.91. The molecule has 5 heavy (non-hydrogen) atoms. The second-order valence-electron chi connectivity index (χ2n) is 0.697. The summed E-state index contributed by atoms with van der Waals surface area (Å²) in [5.74, 6) is 0. The van der Waals surface area contributed by atoms with Crippen LogP contribution in [0.25, 0.3) is 0 Å². The van der Waals surface area contributed by atoms with Crippen LogP contribution in [-0.4, -0.2) is 10.2 Å². The van der Waals surface area contributed by atoms with Gasteiger partial charge < -0.3 is 0 Å². The van der Waals surface area contributed by atoms with E-state index in [2.05, 4.69) is 6.58 Å². The Morgan fingerprint density at radius 3 is 2.00 bits per heavy atom. The van der Waals surface area contributed by atoms with Gasteiger partial charge in [-0.2, -0.15) is 0 Å². The van der Waals surface area contributed by atoms with Gasteiger partial charge in [0.25, 0.3) is 0 Å². The second-order valence-corrected chi connectivity index (χ2v) is 1.51. The molecular formula is C4H12Si. The lowest BCUT2D eigenvalue weighted by atomic mass is 10.8. The topological polar surface area (TPSA) is 0 Å². The third-order valence-electron chi connectivity index (χ3n) is 0.289. The standard InChI is InChI=1S/C3H8Si.CH4/c1-2-3-4;/h2H,1,3H2,4H3;1H4. The fraction of sp³-hybridized carbons (Fsp3) is 0.500. The predicted octanol–water partition coefficient (Wildman–Crippen LogP) is 0.592. The molecule has 0 aromatic rings. The molecule has 0 N–H and O–H groups in total. The normalized spacial score (nSPS) is 5.60. The molecule has 0 saturated heterocycles. The van der Waals surface area contributed by atoms with E-state index >= 15 is 0 Å². The van der Waals surface area contributed by atoms with Crippen molar-refractivity contribution in [1.82, 2.24) is 0 Å². The average Bonchev–Trinajstić information content (AvgIpc) is 1.37. The molecule has 0 aliphatic rings. The fourth-order valence-electron chi connectivity index (χ4n) is 0. The molecular weight excluding hydrogens is 76.1 g/mol. The zero-order valence-corrected chi connectivity index (χ0v) is 4.99. The van der Waals surface area contributed by atoms with Crippen LogP contribution < -0.4 is 0 Å². The summed E-state index contributed by atoms with van der Waals surface area (Å²) in [6.07, 6.45) is 1.94. The van der Waals surface area contributed by atoms with E-state index in [0.717, 1.165) is 0 Å². The van der Waals surface area contributed by atoms with E-state index in [-0.39, 0.29) is 7.43 Å². The number of allylic oxidation sites excluding steroid dienone is 1. The molecule has 0 amide bonds. The molecule has 0 fully saturated rings. The first-order valence-electron chi connectivity index (χ1n) is 1.52. The summed E-state index contributed by atoms with van der Waals surface area (Å²) in [5.41, 5.74) is 0. The van der Waals surface area contributed by atoms with E-state index in [0.29, 0.717) is 0 Å². The molecule has 0 radical (unpaired) electrons. The number of rotatable bonds is 1. The summed E-state index contributed by atoms with van der Waals surface area (Å²) in [5, 5.41) is 0. The smallest absolute Gasteiger partial charge is 0.00753 e. The minimum atomic E-state index is 0. The van der Waals surface area contributed by atoms with Crippen molar-refractivity contribution in [2.45, 2.75) is 13.5 Å². The Morgan fingerprint density at radius 2 is 2.00 bits per heavy atom. The minimum absolute atomic E-state index is 0. The molecule has 0 saturated carbocycles. The largest absolute Gasteiger partial charge is 0.103 e. The Bertz CT molecular complexity index is 17.6. The van der Waals surface area contributed by atoms with Crippen LogP contribution in [-0.2, 0) is 0 Å². The van der Waals surface area contributed by atoms with Crippen molar-refractivity contribution < 1.29 is 0 Å². The van der Waals surface area contributed by atoms with Gasteiger partial charge in [-0.05, 0) is 6.04 Å². The van der Waals surface area contributed by atoms with E-state index in [1.54, 1.807) is 0 Å². The zero-order chi connectivity index (χ0) is 3.41. The minimum Gasteiger partial charge on any atom is -0.103 e. The molecule has 32 valence electrons. The summed E-state index contributed by atoms with van der Waals surface area (Å²) >= 11 is 0. The molecule has 0 bridgehead atoms. The van der Waals surface area contributed by atoms with Crippen LogP contribution in [0.5, 0.6) is 0 Å². The lowest BCUT2D eigenvalue weighted by Gasteiger charge is -1.57. The summed E-state index contributed by atoms with van der Waals surface area (Å²) in [6, 6.07) is 1.22. The Balaban J connectivity index is 0. The second kappa shape index (κ2) is 9.03. The van der Waals surface area contributed by atoms with Crippen molar-refractivity contribution in [1.29, 1.82) is 0 Å². The zero-order valence-electron chi connectivity index (χ0n) is 2.99. The van der Waals surface area contributed by atoms with Crippen LogP contribution in [0.4, 0.5) is 0 Å². The van der Waals surface area contributed by atoms with E-state index in [9.17, 15) is 0 Å². The third kappa shape index (κ3) is 16.5. The lowest BCUT2D eigenvalue weighted by molar-refractivity contribution is 1.76. The molecule has 0 rings (SSSR count). The van der Waals surface area contributed by atoms with Crippen LogP contribution in [0.3, 0.4) is 0 Å². The molecule has 0 aliphatic heterocycles. The van der Waals surface area contributed by atoms with Gasteiger partial charge >= 0.3 is 0 Å². The van der Waals surface area contributed by atoms with E-state index in [1.165, 1.54) is 16.3 Å². The Hall–Kier alpha value is -0.0431. The van der Waals surface area contributed by atoms with Crippen molar-refractivity contribution in [3.8, 4) is 0 Å². The number of hydrogen-bond acceptors (Lipinski definition) is 0. The molecule has 0 aliphatic carbocycles. The molecule has 0 unspecified atom stereocenters. The molecule has 0 aromatic carbocycles. The highest BCUT2D eigenvalue weighted by Crippen LogP contribution is 1.61. The van der Waals surface area contributed by atoms with Crippen molar-refractivity contribution in [2.75, 3.05) is 0 Å². The maximum absolute atomic E-state index is 3.51. The maximum Gasteiger partial charge on any atom is 0.00753 e. The van der Waals surface area contributed by atoms with Gasteiger partial charge in [-0.25, -0.2) is 0 Å². The van der Waals surface area contributed by atoms with Crippen LogP contribution in [0.2, 0.25) is 6.04 Å². The highest BCUT2D eigenvalue weighted by atomic mass is 28.1. The van der Waals surface area contributed by atoms with E-state index in [4.69, 9.17) is 0 Å². The SMILES string of the molecule is C.C=CC[SiH3]. The van der Waals surface area contributed by atoms with Gasteiger partial charge in [0.05, 0.1) is 0 Å². The summed E-state index contributed by atoms with van der Waals surface area (Å²) < 4.78 is 0. The van der Waals surface area contributed by atoms with Gasteiger partial charge in [0.2, 0.25) is 0 Å². The summed E-state index contributed by atoms with van der Waals surface area (Å²) in [7, 11) is 1.27. The molecule has 0 nitrogen and oxygen atoms in total. The first-order valence-corrected chi connectivity index (χ1v) is 2.94. The first kappa shape index (κ1) is 8.88. The van der Waals surface area contributed by atoms with Crippen LogP contribution in [0.1, 0.15) is 7.43 Å². The van der Waals surface area contributed by atoms with Crippen LogP contribution in [0.15, 0.2) is 12.7 Å². The predicted molar refractivity (Wildman–Crippen MR) is 31.7 cm³/mol. The molecule has 0 atom stereocenters. The van der Waals surface area contributed by atoms with Gasteiger partial charge in [0.1, 0.15) is 0 Å². The summed E-state index contributed by atoms with van der Waals surface area (Å²) in [6.45, 7) is 3.51. The van der Waals surface area contributed by atoms with Gasteiger partial charge in [-0.1, -0.05) is 13.5 Å². The van der Waals surface area contributed by atoms with Crippen molar-refractivity contribution in [3.63, 3.8) is 0 Å². The highest BCUT2D eigenvalue weighted by Gasteiger charge is 1.46. The molecule has 0 spiro atoms. The average molecular weight is 88.2 g/mol. The molecule has 1 heteroatoms. The Labute approximate surface area is 37.3 Å². The van der Waals surface area contributed by atoms with Gasteiger partial charge in [0, 0.05) is 10.2 Å². The van der Waals surface area contributed by atoms with Crippen LogP contribution in [0, 0.1) is 0 Å².